The number of halogens is 1. The third-order valence-corrected chi connectivity index (χ3v) is 2.03. The molecule has 0 saturated carbocycles. The van der Waals surface area contributed by atoms with E-state index in [2.05, 4.69) is 0 Å². The second-order valence-electron chi connectivity index (χ2n) is 2.53. The number of hydrogen-bond acceptors (Lipinski definition) is 2. The van der Waals surface area contributed by atoms with Crippen LogP contribution < -0.4 is 0 Å². The van der Waals surface area contributed by atoms with Gasteiger partial charge >= 0.3 is 0 Å². The van der Waals surface area contributed by atoms with Crippen molar-refractivity contribution in [3.05, 3.63) is 22.6 Å². The first kappa shape index (κ1) is 6.80. The van der Waals surface area contributed by atoms with Crippen LogP contribution in [0, 0.1) is 13.8 Å². The van der Waals surface area contributed by atoms with Gasteiger partial charge in [0.15, 0.2) is 5.22 Å². The molecular formula is C8H7ClO2. The summed E-state index contributed by atoms with van der Waals surface area (Å²) in [5.74, 6) is 1.40. The van der Waals surface area contributed by atoms with E-state index >= 15 is 0 Å². The Kier molecular flexibility index (Phi) is 1.26. The first-order valence-electron chi connectivity index (χ1n) is 3.33. The van der Waals surface area contributed by atoms with Crippen molar-refractivity contribution in [1.29, 1.82) is 0 Å². The lowest BCUT2D eigenvalue weighted by molar-refractivity contribution is 0.462. The fraction of sp³-hybridized carbons (Fsp3) is 0.250. The van der Waals surface area contributed by atoms with Gasteiger partial charge in [-0.1, -0.05) is 0 Å². The Balaban J connectivity index is 2.88. The van der Waals surface area contributed by atoms with Gasteiger partial charge in [-0.15, -0.1) is 0 Å². The Hall–Kier alpha value is -0.890. The highest BCUT2D eigenvalue weighted by molar-refractivity contribution is 6.29. The summed E-state index contributed by atoms with van der Waals surface area (Å²) in [6.07, 6.45) is 0. The van der Waals surface area contributed by atoms with Crippen LogP contribution >= 0.6 is 11.6 Å². The van der Waals surface area contributed by atoms with E-state index in [1.807, 2.05) is 13.8 Å². The summed E-state index contributed by atoms with van der Waals surface area (Å²) in [5.41, 5.74) is 1.09. The summed E-state index contributed by atoms with van der Waals surface area (Å²) in [7, 11) is 0. The maximum absolute atomic E-state index is 5.62. The van der Waals surface area contributed by atoms with Crippen LogP contribution in [0.1, 0.15) is 11.3 Å². The highest BCUT2D eigenvalue weighted by atomic mass is 35.5. The number of rotatable bonds is 0. The lowest BCUT2D eigenvalue weighted by Crippen LogP contribution is -1.67. The van der Waals surface area contributed by atoms with E-state index in [0.717, 1.165) is 16.7 Å². The van der Waals surface area contributed by atoms with Crippen LogP contribution in [0.5, 0.6) is 0 Å². The Morgan fingerprint density at radius 1 is 1.27 bits per heavy atom. The van der Waals surface area contributed by atoms with Gasteiger partial charge in [0.1, 0.15) is 5.76 Å². The zero-order chi connectivity index (χ0) is 8.01. The molecule has 2 aromatic heterocycles. The quantitative estimate of drug-likeness (QED) is 0.607. The second kappa shape index (κ2) is 2.05. The molecule has 0 fully saturated rings. The Morgan fingerprint density at radius 2 is 2.00 bits per heavy atom. The Bertz CT molecular complexity index is 397. The second-order valence-corrected chi connectivity index (χ2v) is 2.91. The van der Waals surface area contributed by atoms with E-state index in [-0.39, 0.29) is 0 Å². The molecule has 0 aliphatic carbocycles. The third-order valence-electron chi connectivity index (χ3n) is 1.85. The molecule has 2 nitrogen and oxygen atoms in total. The molecule has 0 bridgehead atoms. The molecule has 0 aromatic carbocycles. The Morgan fingerprint density at radius 3 is 2.64 bits per heavy atom. The van der Waals surface area contributed by atoms with Gasteiger partial charge in [-0.2, -0.15) is 0 Å². The predicted molar refractivity (Wildman–Crippen MR) is 43.0 cm³/mol. The van der Waals surface area contributed by atoms with Gasteiger partial charge in [0.2, 0.25) is 0 Å². The largest absolute Gasteiger partial charge is 0.430 e. The third kappa shape index (κ3) is 0.862. The van der Waals surface area contributed by atoms with E-state index in [4.69, 9.17) is 20.4 Å². The van der Waals surface area contributed by atoms with Crippen LogP contribution in [0.15, 0.2) is 14.9 Å². The molecule has 58 valence electrons. The molecule has 0 atom stereocenters. The fourth-order valence-electron chi connectivity index (χ4n) is 1.09. The minimum absolute atomic E-state index is 0.377. The van der Waals surface area contributed by atoms with Crippen LogP contribution in [0.3, 0.4) is 0 Å². The first-order valence-corrected chi connectivity index (χ1v) is 3.71. The van der Waals surface area contributed by atoms with Crippen molar-refractivity contribution in [2.75, 3.05) is 0 Å². The molecule has 2 aromatic rings. The number of furan rings is 2. The monoisotopic (exact) mass is 170 g/mol. The molecule has 0 aliphatic rings. The van der Waals surface area contributed by atoms with Crippen molar-refractivity contribution < 1.29 is 8.83 Å². The van der Waals surface area contributed by atoms with E-state index in [9.17, 15) is 0 Å². The van der Waals surface area contributed by atoms with Gasteiger partial charge in [0, 0.05) is 11.6 Å². The van der Waals surface area contributed by atoms with Crippen LogP contribution in [0.25, 0.3) is 11.2 Å². The molecule has 0 aliphatic heterocycles. The summed E-state index contributed by atoms with van der Waals surface area (Å²) in [4.78, 5) is 0. The summed E-state index contributed by atoms with van der Waals surface area (Å²) in [5, 5.41) is 1.34. The lowest BCUT2D eigenvalue weighted by atomic mass is 10.2. The van der Waals surface area contributed by atoms with E-state index in [1.165, 1.54) is 0 Å². The molecule has 0 spiro atoms. The van der Waals surface area contributed by atoms with E-state index in [0.29, 0.717) is 11.0 Å². The van der Waals surface area contributed by atoms with Crippen LogP contribution in [0.4, 0.5) is 0 Å². The molecule has 0 N–H and O–H groups in total. The van der Waals surface area contributed by atoms with Crippen molar-refractivity contribution in [3.8, 4) is 0 Å². The Labute approximate surface area is 68.7 Å². The molecule has 2 heterocycles. The first-order chi connectivity index (χ1) is 5.18. The topological polar surface area (TPSA) is 26.3 Å². The van der Waals surface area contributed by atoms with E-state index in [1.54, 1.807) is 6.07 Å². The highest BCUT2D eigenvalue weighted by Gasteiger charge is 2.11. The molecule has 0 radical (unpaired) electrons. The average molecular weight is 171 g/mol. The maximum Gasteiger partial charge on any atom is 0.298 e. The normalized spacial score (nSPS) is 11.2. The van der Waals surface area contributed by atoms with Gasteiger partial charge in [-0.3, -0.25) is 0 Å². The highest BCUT2D eigenvalue weighted by Crippen LogP contribution is 2.29. The summed E-state index contributed by atoms with van der Waals surface area (Å²) in [6, 6.07) is 1.77. The predicted octanol–water partition coefficient (Wildman–Crippen LogP) is 3.30. The number of hydrogen-bond donors (Lipinski definition) is 0. The van der Waals surface area contributed by atoms with Crippen LogP contribution in [-0.2, 0) is 0 Å². The zero-order valence-corrected chi connectivity index (χ0v) is 7.03. The summed E-state index contributed by atoms with van der Waals surface area (Å²) in [6.45, 7) is 3.88. The van der Waals surface area contributed by atoms with Crippen molar-refractivity contribution in [2.24, 2.45) is 0 Å². The lowest BCUT2D eigenvalue weighted by Gasteiger charge is -1.82. The molecule has 2 rings (SSSR count). The molecule has 0 saturated heterocycles. The van der Waals surface area contributed by atoms with Crippen LogP contribution in [-0.4, -0.2) is 0 Å². The number of fused-ring (bicyclic) bond motifs is 1. The summed E-state index contributed by atoms with van der Waals surface area (Å²) < 4.78 is 10.3. The van der Waals surface area contributed by atoms with Gasteiger partial charge in [0.25, 0.3) is 5.78 Å². The number of aryl methyl sites for hydroxylation is 2. The molecular weight excluding hydrogens is 164 g/mol. The average Bonchev–Trinajstić information content (AvgIpc) is 2.37. The maximum atomic E-state index is 5.62. The minimum atomic E-state index is 0.377. The molecule has 0 amide bonds. The van der Waals surface area contributed by atoms with Crippen LogP contribution in [0.2, 0.25) is 5.22 Å². The smallest absolute Gasteiger partial charge is 0.298 e. The zero-order valence-electron chi connectivity index (χ0n) is 6.27. The van der Waals surface area contributed by atoms with Gasteiger partial charge in [-0.05, 0) is 25.4 Å². The standard InChI is InChI=1S/C8H7ClO2/c1-4-5(2)10-8-6(4)3-7(9)11-8/h3H,1-2H3. The van der Waals surface area contributed by atoms with Crippen molar-refractivity contribution >= 4 is 22.8 Å². The molecule has 3 heteroatoms. The molecule has 0 unspecified atom stereocenters. The van der Waals surface area contributed by atoms with Crippen molar-refractivity contribution in [2.45, 2.75) is 13.8 Å². The van der Waals surface area contributed by atoms with Gasteiger partial charge in [0.05, 0.1) is 5.39 Å². The van der Waals surface area contributed by atoms with Crippen molar-refractivity contribution in [3.63, 3.8) is 0 Å². The van der Waals surface area contributed by atoms with Crippen molar-refractivity contribution in [1.82, 2.24) is 0 Å². The molecule has 11 heavy (non-hydrogen) atoms. The summed E-state index contributed by atoms with van der Waals surface area (Å²) >= 11 is 5.62. The minimum Gasteiger partial charge on any atom is -0.430 e. The van der Waals surface area contributed by atoms with Gasteiger partial charge in [-0.25, -0.2) is 0 Å². The SMILES string of the molecule is Cc1oc2oc(Cl)cc2c1C. The fourth-order valence-corrected chi connectivity index (χ4v) is 1.27. The van der Waals surface area contributed by atoms with Gasteiger partial charge < -0.3 is 8.83 Å². The van der Waals surface area contributed by atoms with E-state index < -0.39 is 0 Å².